The van der Waals surface area contributed by atoms with E-state index in [2.05, 4.69) is 4.72 Å². The molecule has 0 heterocycles. The molecule has 0 spiro atoms. The van der Waals surface area contributed by atoms with E-state index in [4.69, 9.17) is 17.3 Å². The molecule has 1 aromatic rings. The van der Waals surface area contributed by atoms with E-state index < -0.39 is 25.5 Å². The van der Waals surface area contributed by atoms with Gasteiger partial charge in [0.05, 0.1) is 9.95 Å². The van der Waals surface area contributed by atoms with Gasteiger partial charge in [0.2, 0.25) is 10.0 Å². The van der Waals surface area contributed by atoms with Crippen molar-refractivity contribution in [2.24, 2.45) is 5.73 Å². The number of rotatable bonds is 6. The maximum atomic E-state index is 11.9. The third-order valence-electron chi connectivity index (χ3n) is 2.08. The van der Waals surface area contributed by atoms with Crippen LogP contribution in [0.25, 0.3) is 0 Å². The topological polar surface area (TPSA) is 115 Å². The second kappa shape index (κ2) is 6.10. The summed E-state index contributed by atoms with van der Waals surface area (Å²) in [4.78, 5) is 9.48. The first-order valence-electron chi connectivity index (χ1n) is 5.03. The van der Waals surface area contributed by atoms with Gasteiger partial charge in [-0.1, -0.05) is 17.7 Å². The lowest BCUT2D eigenvalue weighted by atomic mass is 10.3. The molecule has 0 aliphatic rings. The number of nitro groups is 1. The first-order valence-corrected chi connectivity index (χ1v) is 6.89. The van der Waals surface area contributed by atoms with E-state index in [-0.39, 0.29) is 11.6 Å². The zero-order valence-corrected chi connectivity index (χ0v) is 10.9. The second-order valence-corrected chi connectivity index (χ2v) is 5.50. The Labute approximate surface area is 109 Å². The highest BCUT2D eigenvalue weighted by Gasteiger charge is 2.28. The molecule has 0 aromatic heterocycles. The van der Waals surface area contributed by atoms with Crippen LogP contribution in [0, 0.1) is 10.1 Å². The van der Waals surface area contributed by atoms with Crippen LogP contribution in [0.3, 0.4) is 0 Å². The molecule has 9 heteroatoms. The van der Waals surface area contributed by atoms with Crippen LogP contribution >= 0.6 is 11.6 Å². The normalized spacial score (nSPS) is 11.4. The fourth-order valence-corrected chi connectivity index (χ4v) is 3.06. The van der Waals surface area contributed by atoms with Crippen LogP contribution in [0.5, 0.6) is 0 Å². The van der Waals surface area contributed by atoms with E-state index in [1.54, 1.807) is 0 Å². The lowest BCUT2D eigenvalue weighted by molar-refractivity contribution is -0.387. The SMILES string of the molecule is NCCCNS(=O)(=O)c1c(Cl)cccc1[N+](=O)[O-]. The first kappa shape index (κ1) is 14.8. The van der Waals surface area contributed by atoms with Crippen molar-refractivity contribution in [3.63, 3.8) is 0 Å². The second-order valence-electron chi connectivity index (χ2n) is 3.39. The number of nitrogens with zero attached hydrogens (tertiary/aromatic N) is 1. The minimum Gasteiger partial charge on any atom is -0.330 e. The van der Waals surface area contributed by atoms with E-state index >= 15 is 0 Å². The van der Waals surface area contributed by atoms with E-state index in [0.717, 1.165) is 6.07 Å². The fourth-order valence-electron chi connectivity index (χ4n) is 1.29. The molecule has 1 aromatic carbocycles. The summed E-state index contributed by atoms with van der Waals surface area (Å²) in [6, 6.07) is 3.69. The molecule has 0 radical (unpaired) electrons. The van der Waals surface area contributed by atoms with Gasteiger partial charge in [-0.15, -0.1) is 0 Å². The first-order chi connectivity index (χ1) is 8.40. The van der Waals surface area contributed by atoms with Crippen LogP contribution in [-0.4, -0.2) is 26.4 Å². The summed E-state index contributed by atoms with van der Waals surface area (Å²) in [5.74, 6) is 0. The maximum Gasteiger partial charge on any atom is 0.290 e. The van der Waals surface area contributed by atoms with Crippen LogP contribution in [0.15, 0.2) is 23.1 Å². The van der Waals surface area contributed by atoms with Crippen LogP contribution in [0.2, 0.25) is 5.02 Å². The van der Waals surface area contributed by atoms with Crippen molar-refractivity contribution in [1.29, 1.82) is 0 Å². The number of benzene rings is 1. The summed E-state index contributed by atoms with van der Waals surface area (Å²) in [5, 5.41) is 10.6. The minimum atomic E-state index is -4.02. The average Bonchev–Trinajstić information content (AvgIpc) is 2.28. The van der Waals surface area contributed by atoms with Crippen molar-refractivity contribution < 1.29 is 13.3 Å². The number of hydrogen-bond acceptors (Lipinski definition) is 5. The van der Waals surface area contributed by atoms with Crippen molar-refractivity contribution in [2.45, 2.75) is 11.3 Å². The van der Waals surface area contributed by atoms with Gasteiger partial charge in [0.15, 0.2) is 4.90 Å². The molecule has 18 heavy (non-hydrogen) atoms. The molecule has 7 nitrogen and oxygen atoms in total. The Bertz CT molecular complexity index is 547. The summed E-state index contributed by atoms with van der Waals surface area (Å²) < 4.78 is 26.0. The van der Waals surface area contributed by atoms with Gasteiger partial charge in [0, 0.05) is 12.6 Å². The van der Waals surface area contributed by atoms with Gasteiger partial charge in [-0.25, -0.2) is 13.1 Å². The average molecular weight is 294 g/mol. The molecule has 100 valence electrons. The summed E-state index contributed by atoms with van der Waals surface area (Å²) in [6.07, 6.45) is 0.428. The summed E-state index contributed by atoms with van der Waals surface area (Å²) in [7, 11) is -4.02. The van der Waals surface area contributed by atoms with Gasteiger partial charge in [0.1, 0.15) is 0 Å². The molecular weight excluding hydrogens is 282 g/mol. The molecule has 0 amide bonds. The number of hydrogen-bond donors (Lipinski definition) is 2. The molecular formula is C9H12ClN3O4S. The Kier molecular flexibility index (Phi) is 5.03. The Morgan fingerprint density at radius 1 is 1.44 bits per heavy atom. The quantitative estimate of drug-likeness (QED) is 0.459. The molecule has 0 bridgehead atoms. The maximum absolute atomic E-state index is 11.9. The monoisotopic (exact) mass is 293 g/mol. The zero-order valence-electron chi connectivity index (χ0n) is 9.30. The third kappa shape index (κ3) is 3.39. The van der Waals surface area contributed by atoms with Gasteiger partial charge in [0.25, 0.3) is 5.69 Å². The highest BCUT2D eigenvalue weighted by atomic mass is 35.5. The number of sulfonamides is 1. The lowest BCUT2D eigenvalue weighted by Gasteiger charge is -2.08. The van der Waals surface area contributed by atoms with Gasteiger partial charge >= 0.3 is 0 Å². The Morgan fingerprint density at radius 3 is 2.67 bits per heavy atom. The molecule has 0 atom stereocenters. The van der Waals surface area contributed by atoms with Gasteiger partial charge in [-0.05, 0) is 19.0 Å². The summed E-state index contributed by atoms with van der Waals surface area (Å²) >= 11 is 5.72. The third-order valence-corrected chi connectivity index (χ3v) is 4.06. The molecule has 3 N–H and O–H groups in total. The predicted molar refractivity (Wildman–Crippen MR) is 67.0 cm³/mol. The summed E-state index contributed by atoms with van der Waals surface area (Å²) in [6.45, 7) is 0.411. The van der Waals surface area contributed by atoms with Crippen LogP contribution in [0.4, 0.5) is 5.69 Å². The van der Waals surface area contributed by atoms with Gasteiger partial charge in [-0.3, -0.25) is 10.1 Å². The number of nitro benzene ring substituents is 1. The number of nitrogens with one attached hydrogen (secondary N) is 1. The van der Waals surface area contributed by atoms with Gasteiger partial charge < -0.3 is 5.73 Å². The minimum absolute atomic E-state index is 0.0984. The van der Waals surface area contributed by atoms with Gasteiger partial charge in [-0.2, -0.15) is 0 Å². The highest BCUT2D eigenvalue weighted by Crippen LogP contribution is 2.30. The fraction of sp³-hybridized carbons (Fsp3) is 0.333. The largest absolute Gasteiger partial charge is 0.330 e. The van der Waals surface area contributed by atoms with Crippen LogP contribution in [-0.2, 0) is 10.0 Å². The van der Waals surface area contributed by atoms with Crippen molar-refractivity contribution in [3.8, 4) is 0 Å². The molecule has 0 aliphatic carbocycles. The molecule has 0 aliphatic heterocycles. The van der Waals surface area contributed by atoms with Crippen LogP contribution < -0.4 is 10.5 Å². The van der Waals surface area contributed by atoms with Crippen molar-refractivity contribution in [2.75, 3.05) is 13.1 Å². The van der Waals surface area contributed by atoms with Crippen molar-refractivity contribution in [3.05, 3.63) is 33.3 Å². The molecule has 0 unspecified atom stereocenters. The Morgan fingerprint density at radius 2 is 2.11 bits per heavy atom. The van der Waals surface area contributed by atoms with Crippen molar-refractivity contribution >= 4 is 27.3 Å². The van der Waals surface area contributed by atoms with E-state index in [1.165, 1.54) is 12.1 Å². The Balaban J connectivity index is 3.19. The molecule has 0 saturated heterocycles. The van der Waals surface area contributed by atoms with E-state index in [1.807, 2.05) is 0 Å². The van der Waals surface area contributed by atoms with Crippen molar-refractivity contribution in [1.82, 2.24) is 4.72 Å². The lowest BCUT2D eigenvalue weighted by Crippen LogP contribution is -2.27. The predicted octanol–water partition coefficient (Wildman–Crippen LogP) is 0.875. The summed E-state index contributed by atoms with van der Waals surface area (Å²) in [5.41, 5.74) is 4.68. The molecule has 1 rings (SSSR count). The standard InChI is InChI=1S/C9H12ClN3O4S/c10-7-3-1-4-8(13(14)15)9(7)18(16,17)12-6-2-5-11/h1,3-4,12H,2,5-6,11H2. The molecule has 0 fully saturated rings. The molecule has 0 saturated carbocycles. The van der Waals surface area contributed by atoms with Crippen LogP contribution in [0.1, 0.15) is 6.42 Å². The number of nitrogens with two attached hydrogens (primary N) is 1. The zero-order chi connectivity index (χ0) is 13.8. The highest BCUT2D eigenvalue weighted by molar-refractivity contribution is 7.89. The van der Waals surface area contributed by atoms with E-state index in [9.17, 15) is 18.5 Å². The number of halogens is 1. The smallest absolute Gasteiger partial charge is 0.290 e. The van der Waals surface area contributed by atoms with E-state index in [0.29, 0.717) is 13.0 Å². The Hall–Kier alpha value is -1.22.